The highest BCUT2D eigenvalue weighted by molar-refractivity contribution is 7.87. The van der Waals surface area contributed by atoms with E-state index < -0.39 is 16.2 Å². The van der Waals surface area contributed by atoms with E-state index in [4.69, 9.17) is 32.6 Å². The number of carbonyl (C=O) groups excluding carboxylic acids is 1. The van der Waals surface area contributed by atoms with Crippen molar-refractivity contribution in [3.8, 4) is 34.5 Å². The van der Waals surface area contributed by atoms with Crippen LogP contribution in [-0.2, 0) is 41.1 Å². The molecule has 1 aliphatic rings. The molecule has 0 N–H and O–H groups in total. The van der Waals surface area contributed by atoms with Gasteiger partial charge in [-0.3, -0.25) is 4.79 Å². The van der Waals surface area contributed by atoms with Crippen molar-refractivity contribution in [1.82, 2.24) is 0 Å². The molecule has 8 aromatic rings. The Hall–Kier alpha value is -8.12. The first-order chi connectivity index (χ1) is 36.2. The van der Waals surface area contributed by atoms with Crippen molar-refractivity contribution in [3.63, 3.8) is 0 Å². The van der Waals surface area contributed by atoms with Gasteiger partial charge >= 0.3 is 10.1 Å². The van der Waals surface area contributed by atoms with Crippen LogP contribution in [0, 0.1) is 0 Å². The van der Waals surface area contributed by atoms with Crippen LogP contribution in [0.5, 0.6) is 34.5 Å². The summed E-state index contributed by atoms with van der Waals surface area (Å²) in [5.74, 6) is 2.32. The van der Waals surface area contributed by atoms with Crippen molar-refractivity contribution in [1.29, 1.82) is 0 Å². The fourth-order valence-corrected chi connectivity index (χ4v) is 10.1. The molecule has 0 aromatic heterocycles. The number of aryl methyl sites for hydroxylation is 1. The number of ketones is 1. The molecule has 1 fully saturated rings. The van der Waals surface area contributed by atoms with Crippen LogP contribution in [0.15, 0.2) is 211 Å². The lowest BCUT2D eigenvalue weighted by Crippen LogP contribution is -2.28. The van der Waals surface area contributed by atoms with Gasteiger partial charge < -0.3 is 32.6 Å². The van der Waals surface area contributed by atoms with Crippen LogP contribution >= 0.6 is 0 Å². The van der Waals surface area contributed by atoms with E-state index in [0.29, 0.717) is 55.5 Å². The Bertz CT molecular complexity index is 3200. The third-order valence-electron chi connectivity index (χ3n) is 12.9. The Kier molecular flexibility index (Phi) is 16.8. The lowest BCUT2D eigenvalue weighted by molar-refractivity contribution is -0.0633. The van der Waals surface area contributed by atoms with Gasteiger partial charge in [0.1, 0.15) is 64.8 Å². The smallest absolute Gasteiger partial charge is 0.339 e. The van der Waals surface area contributed by atoms with Crippen LogP contribution in [-0.4, -0.2) is 34.5 Å². The molecule has 1 saturated heterocycles. The predicted molar refractivity (Wildman–Crippen MR) is 287 cm³/mol. The predicted octanol–water partition coefficient (Wildman–Crippen LogP) is 13.7. The van der Waals surface area contributed by atoms with Gasteiger partial charge in [-0.25, -0.2) is 0 Å². The van der Waals surface area contributed by atoms with Gasteiger partial charge in [0.25, 0.3) is 0 Å². The molecule has 0 unspecified atom stereocenters. The van der Waals surface area contributed by atoms with Crippen LogP contribution in [0.4, 0.5) is 0 Å². The van der Waals surface area contributed by atoms with Crippen molar-refractivity contribution in [3.05, 3.63) is 251 Å². The van der Waals surface area contributed by atoms with Crippen LogP contribution in [0.3, 0.4) is 0 Å². The Morgan fingerprint density at radius 1 is 0.568 bits per heavy atom. The summed E-state index contributed by atoms with van der Waals surface area (Å²) in [6.07, 6.45) is 5.06. The van der Waals surface area contributed by atoms with E-state index in [1.165, 1.54) is 25.3 Å². The zero-order valence-electron chi connectivity index (χ0n) is 41.4. The van der Waals surface area contributed by atoms with Gasteiger partial charge in [-0.05, 0) is 120 Å². The van der Waals surface area contributed by atoms with Gasteiger partial charge in [0.2, 0.25) is 0 Å². The summed E-state index contributed by atoms with van der Waals surface area (Å²) in [4.78, 5) is 14.7. The second kappa shape index (κ2) is 24.5. The van der Waals surface area contributed by atoms with E-state index in [9.17, 15) is 13.2 Å². The molecule has 8 aromatic carbocycles. The number of hydrogen-bond acceptors (Lipinski definition) is 10. The average molecular weight is 1010 g/mol. The highest BCUT2D eigenvalue weighted by atomic mass is 32.2. The molecule has 0 bridgehead atoms. The molecule has 0 saturated carbocycles. The third-order valence-corrected chi connectivity index (χ3v) is 14.2. The molecule has 0 amide bonds. The van der Waals surface area contributed by atoms with Crippen LogP contribution in [0.1, 0.15) is 80.6 Å². The van der Waals surface area contributed by atoms with Gasteiger partial charge in [-0.15, -0.1) is 0 Å². The molecule has 3 atom stereocenters. The number of methoxy groups -OCH3 is 2. The summed E-state index contributed by atoms with van der Waals surface area (Å²) >= 11 is 0. The van der Waals surface area contributed by atoms with Crippen molar-refractivity contribution in [2.75, 3.05) is 14.2 Å². The SMILES string of the molecule is COc1cc(OCc2ccccc2)c([C@@H]2C[C@H](CCc3ccc(OCc4ccccc4)cc3)O[C@H](c3ccc(OS(=O)(=O)c4ccccc4)cc3)C2)c(OC)c1C(=O)/C=C/c1ccc(OCc2ccccc2)cc1. The van der Waals surface area contributed by atoms with Crippen molar-refractivity contribution in [2.45, 2.75) is 68.5 Å². The number of hydrogen-bond donors (Lipinski definition) is 0. The van der Waals surface area contributed by atoms with E-state index in [2.05, 4.69) is 12.1 Å². The molecule has 1 heterocycles. The van der Waals surface area contributed by atoms with Crippen LogP contribution in [0.25, 0.3) is 6.08 Å². The van der Waals surface area contributed by atoms with Crippen molar-refractivity contribution < 1.29 is 45.8 Å². The lowest BCUT2D eigenvalue weighted by Gasteiger charge is -2.37. The normalized spacial score (nSPS) is 15.5. The Morgan fingerprint density at radius 3 is 1.65 bits per heavy atom. The first-order valence-corrected chi connectivity index (χ1v) is 26.1. The highest BCUT2D eigenvalue weighted by Gasteiger charge is 2.37. The maximum Gasteiger partial charge on any atom is 0.339 e. The van der Waals surface area contributed by atoms with E-state index >= 15 is 0 Å². The topological polar surface area (TPSA) is 116 Å². The molecule has 10 nitrogen and oxygen atoms in total. The van der Waals surface area contributed by atoms with Gasteiger partial charge in [0.05, 0.1) is 26.4 Å². The molecule has 1 aliphatic heterocycles. The first kappa shape index (κ1) is 50.8. The maximum absolute atomic E-state index is 14.6. The molecule has 0 radical (unpaired) electrons. The summed E-state index contributed by atoms with van der Waals surface area (Å²) in [6.45, 7) is 1.18. The number of rotatable bonds is 22. The van der Waals surface area contributed by atoms with Gasteiger partial charge in [-0.1, -0.05) is 152 Å². The van der Waals surface area contributed by atoms with Crippen molar-refractivity contribution in [2.24, 2.45) is 0 Å². The molecule has 0 spiro atoms. The minimum atomic E-state index is -4.06. The minimum Gasteiger partial charge on any atom is -0.496 e. The van der Waals surface area contributed by atoms with Crippen LogP contribution < -0.4 is 27.9 Å². The molecule has 376 valence electrons. The quantitative estimate of drug-likeness (QED) is 0.0369. The highest BCUT2D eigenvalue weighted by Crippen LogP contribution is 2.51. The molecule has 9 rings (SSSR count). The van der Waals surface area contributed by atoms with Gasteiger partial charge in [0, 0.05) is 11.6 Å². The zero-order chi connectivity index (χ0) is 51.1. The largest absolute Gasteiger partial charge is 0.496 e. The van der Waals surface area contributed by atoms with E-state index in [1.807, 2.05) is 140 Å². The second-order valence-corrected chi connectivity index (χ2v) is 19.6. The standard InChI is InChI=1S/C63H58O10S/c1-67-59-41-60(71-44-49-19-11-5-12-20-49)61(63(68-2)62(59)57(64)38-28-46-25-33-53(34-26-46)70-43-48-17-9-4-10-18-48)51-39-55(35-27-45-23-31-52(32-24-45)69-42-47-15-7-3-8-16-47)72-58(40-51)50-29-36-54(37-30-50)73-74(65,66)56-21-13-6-14-22-56/h3-26,28-34,36-38,41,51,55,58H,27,35,39-40,42-44H2,1-2H3/b38-28+/t51-,55+,58+/m1/s1. The molecular formula is C63H58O10S. The van der Waals surface area contributed by atoms with E-state index in [-0.39, 0.29) is 40.6 Å². The summed E-state index contributed by atoms with van der Waals surface area (Å²) in [5.41, 5.74) is 6.90. The monoisotopic (exact) mass is 1010 g/mol. The van der Waals surface area contributed by atoms with Gasteiger partial charge in [0.15, 0.2) is 5.78 Å². The molecule has 74 heavy (non-hydrogen) atoms. The fraction of sp³-hybridized carbons (Fsp3) is 0.190. The minimum absolute atomic E-state index is 0.0608. The second-order valence-electron chi connectivity index (χ2n) is 18.0. The summed E-state index contributed by atoms with van der Waals surface area (Å²) in [5, 5.41) is 0. The lowest BCUT2D eigenvalue weighted by atomic mass is 9.80. The molecular weight excluding hydrogens is 949 g/mol. The van der Waals surface area contributed by atoms with Crippen LogP contribution in [0.2, 0.25) is 0 Å². The fourth-order valence-electron chi connectivity index (χ4n) is 9.12. The number of ether oxygens (including phenoxy) is 6. The summed E-state index contributed by atoms with van der Waals surface area (Å²) in [7, 11) is -0.960. The first-order valence-electron chi connectivity index (χ1n) is 24.7. The zero-order valence-corrected chi connectivity index (χ0v) is 42.2. The van der Waals surface area contributed by atoms with E-state index in [0.717, 1.165) is 51.1 Å². The van der Waals surface area contributed by atoms with Gasteiger partial charge in [-0.2, -0.15) is 8.42 Å². The summed E-state index contributed by atoms with van der Waals surface area (Å²) in [6, 6.07) is 62.5. The molecule has 0 aliphatic carbocycles. The average Bonchev–Trinajstić information content (AvgIpc) is 3.45. The molecule has 11 heteroatoms. The number of benzene rings is 8. The third kappa shape index (κ3) is 13.3. The Labute approximate surface area is 433 Å². The Balaban J connectivity index is 1.02. The van der Waals surface area contributed by atoms with E-state index in [1.54, 1.807) is 49.6 Å². The van der Waals surface area contributed by atoms with Crippen molar-refractivity contribution >= 4 is 22.0 Å². The number of carbonyl (C=O) groups is 1. The number of allylic oxidation sites excluding steroid dienone is 1. The Morgan fingerprint density at radius 2 is 1.09 bits per heavy atom. The summed E-state index contributed by atoms with van der Waals surface area (Å²) < 4.78 is 70.0. The maximum atomic E-state index is 14.6.